The van der Waals surface area contributed by atoms with Gasteiger partial charge in [0.2, 0.25) is 0 Å². The number of benzene rings is 3. The Morgan fingerprint density at radius 3 is 1.19 bits per heavy atom. The maximum Gasteiger partial charge on any atom is 0.545 e. The predicted octanol–water partition coefficient (Wildman–Crippen LogP) is 3.18. The zero-order valence-electron chi connectivity index (χ0n) is 14.2. The van der Waals surface area contributed by atoms with Gasteiger partial charge in [-0.15, -0.1) is 0 Å². The van der Waals surface area contributed by atoms with E-state index in [9.17, 15) is 0 Å². The zero-order chi connectivity index (χ0) is 17.4. The molecule has 0 atom stereocenters. The van der Waals surface area contributed by atoms with Crippen LogP contribution in [0, 0.1) is 0 Å². The second-order valence-electron chi connectivity index (χ2n) is 5.30. The molecule has 0 radical (unpaired) electrons. The smallest absolute Gasteiger partial charge is 0.545 e. The van der Waals surface area contributed by atoms with Crippen LogP contribution >= 0.6 is 7.94 Å². The first kappa shape index (κ1) is 20.0. The first-order valence-electron chi connectivity index (χ1n) is 8.02. The molecule has 5 heteroatoms. The Balaban J connectivity index is 0.00000243. The standard InChI is InChI=1S/C21H20O3P.BrH/c1-2-18-25(22-19-12-6-3-7-13-19,23-20-14-8-4-9-15-20)24-21-16-10-5-11-17-21;/h2-17H,1,18H2;1H/q+1;/p-1. The number of halogens is 1. The van der Waals surface area contributed by atoms with Gasteiger partial charge in [-0.25, -0.2) is 0 Å². The van der Waals surface area contributed by atoms with Crippen molar-refractivity contribution in [2.75, 3.05) is 6.16 Å². The van der Waals surface area contributed by atoms with Gasteiger partial charge in [0.15, 0.2) is 23.4 Å². The number of hydrogen-bond donors (Lipinski definition) is 0. The predicted molar refractivity (Wildman–Crippen MR) is 103 cm³/mol. The fourth-order valence-electron chi connectivity index (χ4n) is 2.25. The summed E-state index contributed by atoms with van der Waals surface area (Å²) in [7, 11) is -2.78. The minimum atomic E-state index is -2.78. The molecule has 0 bridgehead atoms. The molecule has 0 aliphatic carbocycles. The lowest BCUT2D eigenvalue weighted by molar-refractivity contribution is -0.00000793. The van der Waals surface area contributed by atoms with E-state index >= 15 is 0 Å². The van der Waals surface area contributed by atoms with Crippen LogP contribution in [-0.4, -0.2) is 6.16 Å². The maximum absolute atomic E-state index is 6.25. The fourth-order valence-corrected chi connectivity index (χ4v) is 4.23. The summed E-state index contributed by atoms with van der Waals surface area (Å²) in [6, 6.07) is 28.7. The van der Waals surface area contributed by atoms with Crippen molar-refractivity contribution < 1.29 is 30.6 Å². The third-order valence-corrected chi connectivity index (χ3v) is 5.49. The van der Waals surface area contributed by atoms with E-state index in [4.69, 9.17) is 13.6 Å². The number of hydrogen-bond acceptors (Lipinski definition) is 3. The largest absolute Gasteiger partial charge is 1.00 e. The van der Waals surface area contributed by atoms with Gasteiger partial charge in [0.05, 0.1) is 0 Å². The molecule has 0 unspecified atom stereocenters. The van der Waals surface area contributed by atoms with Gasteiger partial charge >= 0.3 is 7.94 Å². The minimum Gasteiger partial charge on any atom is -1.00 e. The minimum absolute atomic E-state index is 0. The molecule has 134 valence electrons. The average molecular weight is 431 g/mol. The molecule has 0 aromatic heterocycles. The van der Waals surface area contributed by atoms with E-state index in [2.05, 4.69) is 6.58 Å². The molecule has 0 aliphatic heterocycles. The van der Waals surface area contributed by atoms with Gasteiger partial charge in [-0.2, -0.15) is 0 Å². The molecule has 0 aliphatic rings. The molecule has 0 saturated heterocycles. The Hall–Kier alpha value is -2.29. The van der Waals surface area contributed by atoms with Crippen LogP contribution in [-0.2, 0) is 0 Å². The van der Waals surface area contributed by atoms with Crippen LogP contribution in [0.15, 0.2) is 104 Å². The molecule has 3 aromatic rings. The van der Waals surface area contributed by atoms with Crippen molar-refractivity contribution >= 4 is 7.94 Å². The summed E-state index contributed by atoms with van der Waals surface area (Å²) in [6.45, 7) is 3.86. The van der Waals surface area contributed by atoms with Crippen LogP contribution in [0.4, 0.5) is 0 Å². The van der Waals surface area contributed by atoms with Crippen LogP contribution in [0.1, 0.15) is 0 Å². The van der Waals surface area contributed by atoms with E-state index < -0.39 is 7.94 Å². The van der Waals surface area contributed by atoms with Crippen molar-refractivity contribution in [3.63, 3.8) is 0 Å². The first-order valence-corrected chi connectivity index (χ1v) is 9.75. The number of rotatable bonds is 8. The zero-order valence-corrected chi connectivity index (χ0v) is 16.7. The molecule has 0 N–H and O–H groups in total. The van der Waals surface area contributed by atoms with E-state index in [1.54, 1.807) is 6.08 Å². The molecule has 0 spiro atoms. The normalized spacial score (nSPS) is 10.3. The molecule has 0 saturated carbocycles. The van der Waals surface area contributed by atoms with Crippen molar-refractivity contribution in [1.82, 2.24) is 0 Å². The molecule has 0 fully saturated rings. The molecular formula is C21H20BrO3P. The third-order valence-electron chi connectivity index (χ3n) is 3.32. The van der Waals surface area contributed by atoms with E-state index in [0.717, 1.165) is 0 Å². The van der Waals surface area contributed by atoms with Crippen LogP contribution in [0.25, 0.3) is 0 Å². The third kappa shape index (κ3) is 5.62. The monoisotopic (exact) mass is 430 g/mol. The SMILES string of the molecule is C=CC[P+](Oc1ccccc1)(Oc1ccccc1)Oc1ccccc1.[Br-]. The van der Waals surface area contributed by atoms with Gasteiger partial charge in [-0.1, -0.05) is 61.2 Å². The summed E-state index contributed by atoms with van der Waals surface area (Å²) in [5, 5.41) is 0. The Morgan fingerprint density at radius 2 is 0.923 bits per heavy atom. The molecule has 3 rings (SSSR count). The van der Waals surface area contributed by atoms with Crippen molar-refractivity contribution in [1.29, 1.82) is 0 Å². The fraction of sp³-hybridized carbons (Fsp3) is 0.0476. The van der Waals surface area contributed by atoms with Crippen molar-refractivity contribution in [3.05, 3.63) is 104 Å². The van der Waals surface area contributed by atoms with Crippen molar-refractivity contribution in [3.8, 4) is 17.2 Å². The van der Waals surface area contributed by atoms with Gasteiger partial charge in [0, 0.05) is 0 Å². The van der Waals surface area contributed by atoms with E-state index in [1.807, 2.05) is 91.0 Å². The summed E-state index contributed by atoms with van der Waals surface area (Å²) < 4.78 is 18.7. The summed E-state index contributed by atoms with van der Waals surface area (Å²) in [6.07, 6.45) is 2.22. The van der Waals surface area contributed by atoms with Crippen molar-refractivity contribution in [2.45, 2.75) is 0 Å². The highest BCUT2D eigenvalue weighted by Crippen LogP contribution is 2.60. The van der Waals surface area contributed by atoms with E-state index in [1.165, 1.54) is 0 Å². The highest BCUT2D eigenvalue weighted by Gasteiger charge is 2.48. The first-order chi connectivity index (χ1) is 12.3. The highest BCUT2D eigenvalue weighted by atomic mass is 79.9. The average Bonchev–Trinajstić information content (AvgIpc) is 2.64. The summed E-state index contributed by atoms with van der Waals surface area (Å²) >= 11 is 0. The topological polar surface area (TPSA) is 27.7 Å². The second-order valence-corrected chi connectivity index (χ2v) is 7.43. The molecule has 3 nitrogen and oxygen atoms in total. The van der Waals surface area contributed by atoms with Crippen LogP contribution in [0.5, 0.6) is 17.2 Å². The summed E-state index contributed by atoms with van der Waals surface area (Å²) in [5.74, 6) is 2.10. The van der Waals surface area contributed by atoms with Gasteiger partial charge in [-0.3, -0.25) is 13.6 Å². The van der Waals surface area contributed by atoms with Gasteiger partial charge < -0.3 is 17.0 Å². The lowest BCUT2D eigenvalue weighted by Gasteiger charge is -2.22. The Morgan fingerprint density at radius 1 is 0.615 bits per heavy atom. The summed E-state index contributed by atoms with van der Waals surface area (Å²) in [4.78, 5) is 0. The van der Waals surface area contributed by atoms with Gasteiger partial charge in [-0.05, 0) is 42.5 Å². The second kappa shape index (κ2) is 10.0. The maximum atomic E-state index is 6.25. The highest BCUT2D eigenvalue weighted by molar-refractivity contribution is 7.63. The Bertz CT molecular complexity index is 681. The Kier molecular flexibility index (Phi) is 7.71. The van der Waals surface area contributed by atoms with E-state index in [0.29, 0.717) is 23.4 Å². The number of allylic oxidation sites excluding steroid dienone is 1. The molecule has 3 aromatic carbocycles. The van der Waals surface area contributed by atoms with Crippen molar-refractivity contribution in [2.24, 2.45) is 0 Å². The van der Waals surface area contributed by atoms with Gasteiger partial charge in [0.25, 0.3) is 0 Å². The molecule has 26 heavy (non-hydrogen) atoms. The quantitative estimate of drug-likeness (QED) is 0.405. The lowest BCUT2D eigenvalue weighted by atomic mass is 10.3. The summed E-state index contributed by atoms with van der Waals surface area (Å²) in [5.41, 5.74) is 0. The molecular weight excluding hydrogens is 411 g/mol. The number of para-hydroxylation sites is 3. The van der Waals surface area contributed by atoms with Crippen LogP contribution in [0.2, 0.25) is 0 Å². The van der Waals surface area contributed by atoms with Gasteiger partial charge in [0.1, 0.15) is 0 Å². The van der Waals surface area contributed by atoms with Crippen LogP contribution < -0.4 is 30.6 Å². The lowest BCUT2D eigenvalue weighted by Crippen LogP contribution is -3.00. The molecule has 0 heterocycles. The van der Waals surface area contributed by atoms with Crippen LogP contribution in [0.3, 0.4) is 0 Å². The Labute approximate surface area is 165 Å². The van der Waals surface area contributed by atoms with E-state index in [-0.39, 0.29) is 17.0 Å². The molecule has 0 amide bonds.